The molecule has 1 rings (SSSR count). The van der Waals surface area contributed by atoms with E-state index in [1.165, 1.54) is 7.11 Å². The van der Waals surface area contributed by atoms with Gasteiger partial charge in [0.2, 0.25) is 0 Å². The van der Waals surface area contributed by atoms with Crippen LogP contribution in [-0.2, 0) is 24.8 Å². The quantitative estimate of drug-likeness (QED) is 0.474. The number of rotatable bonds is 3. The first-order valence-corrected chi connectivity index (χ1v) is 6.29. The van der Waals surface area contributed by atoms with Crippen LogP contribution < -0.4 is 0 Å². The molecular weight excluding hydrogens is 252 g/mol. The zero-order valence-corrected chi connectivity index (χ0v) is 11.2. The van der Waals surface area contributed by atoms with Crippen molar-refractivity contribution in [2.45, 2.75) is 24.3 Å². The summed E-state index contributed by atoms with van der Waals surface area (Å²) in [5.74, 6) is 4.17. The molecule has 0 spiro atoms. The van der Waals surface area contributed by atoms with Crippen molar-refractivity contribution in [1.29, 1.82) is 0 Å². The number of hydrogen-bond acceptors (Lipinski definition) is 4. The van der Waals surface area contributed by atoms with Crippen molar-refractivity contribution in [3.05, 3.63) is 30.3 Å². The second kappa shape index (κ2) is 6.34. The second-order valence-corrected chi connectivity index (χ2v) is 4.99. The minimum atomic E-state index is -1.62. The van der Waals surface area contributed by atoms with Gasteiger partial charge < -0.3 is 4.74 Å². The maximum Gasteiger partial charge on any atom is 0.384 e. The molecule has 0 aromatic heterocycles. The number of ether oxygens (including phenoxy) is 1. The van der Waals surface area contributed by atoms with E-state index in [4.69, 9.17) is 4.18 Å². The molecule has 5 heteroatoms. The van der Waals surface area contributed by atoms with Gasteiger partial charge in [-0.3, -0.25) is 4.18 Å². The number of hydrogen-bond donors (Lipinski definition) is 0. The summed E-state index contributed by atoms with van der Waals surface area (Å²) in [6.07, 6.45) is 0. The predicted octanol–water partition coefficient (Wildman–Crippen LogP) is 1.68. The first kappa shape index (κ1) is 14.4. The lowest BCUT2D eigenvalue weighted by Gasteiger charge is -2.16. The average Bonchev–Trinajstić information content (AvgIpc) is 2.36. The fourth-order valence-electron chi connectivity index (χ4n) is 1.04. The van der Waals surface area contributed by atoms with Gasteiger partial charge in [0.1, 0.15) is 5.60 Å². The van der Waals surface area contributed by atoms with Crippen LogP contribution in [-0.4, -0.2) is 22.9 Å². The van der Waals surface area contributed by atoms with Crippen LogP contribution in [0.15, 0.2) is 35.2 Å². The molecule has 0 aliphatic rings. The Bertz CT molecular complexity index is 497. The maximum absolute atomic E-state index is 11.9. The number of methoxy groups -OCH3 is 1. The Kier molecular flexibility index (Phi) is 5.08. The van der Waals surface area contributed by atoms with Crippen LogP contribution in [0, 0.1) is 11.8 Å². The van der Waals surface area contributed by atoms with Gasteiger partial charge in [0, 0.05) is 5.92 Å². The van der Waals surface area contributed by atoms with E-state index in [0.717, 1.165) is 0 Å². The first-order chi connectivity index (χ1) is 8.44. The third-order valence-electron chi connectivity index (χ3n) is 1.87. The van der Waals surface area contributed by atoms with Crippen LogP contribution in [0.5, 0.6) is 0 Å². The zero-order chi connectivity index (χ0) is 13.6. The summed E-state index contributed by atoms with van der Waals surface area (Å²) >= 11 is -1.62. The average molecular weight is 266 g/mol. The molecule has 0 heterocycles. The molecule has 0 fully saturated rings. The van der Waals surface area contributed by atoms with E-state index >= 15 is 0 Å². The van der Waals surface area contributed by atoms with Crippen LogP contribution in [0.4, 0.5) is 0 Å². The molecule has 0 N–H and O–H groups in total. The van der Waals surface area contributed by atoms with E-state index in [0.29, 0.717) is 4.90 Å². The summed E-state index contributed by atoms with van der Waals surface area (Å²) in [5.41, 5.74) is -1.01. The highest BCUT2D eigenvalue weighted by molar-refractivity contribution is 7.80. The molecule has 1 aromatic carbocycles. The summed E-state index contributed by atoms with van der Waals surface area (Å²) in [6.45, 7) is 3.26. The van der Waals surface area contributed by atoms with E-state index in [2.05, 4.69) is 16.6 Å². The van der Waals surface area contributed by atoms with E-state index < -0.39 is 22.7 Å². The largest absolute Gasteiger partial charge is 0.459 e. The van der Waals surface area contributed by atoms with Gasteiger partial charge in [0.15, 0.2) is 11.1 Å². The van der Waals surface area contributed by atoms with Gasteiger partial charge in [0.25, 0.3) is 0 Å². The second-order valence-electron chi connectivity index (χ2n) is 3.88. The summed E-state index contributed by atoms with van der Waals surface area (Å²) in [4.78, 5) is 11.4. The normalized spacial score (nSPS) is 12.2. The Morgan fingerprint density at radius 1 is 1.28 bits per heavy atom. The third kappa shape index (κ3) is 4.70. The minimum Gasteiger partial charge on any atom is -0.459 e. The molecule has 0 saturated heterocycles. The molecule has 1 atom stereocenters. The standard InChI is InChI=1S/C13H14O4S/c1-13(2,10-9-12(14)16-3)17-18(15)11-7-5-4-6-8-11/h4-8H,1-3H3. The van der Waals surface area contributed by atoms with Crippen LogP contribution in [0.1, 0.15) is 13.8 Å². The molecule has 0 aliphatic heterocycles. The number of carbonyl (C=O) groups excluding carboxylic acids is 1. The number of benzene rings is 1. The summed E-state index contributed by atoms with van der Waals surface area (Å²) in [5, 5.41) is 0. The van der Waals surface area contributed by atoms with Crippen LogP contribution >= 0.6 is 0 Å². The topological polar surface area (TPSA) is 52.6 Å². The molecular formula is C13H14O4S. The fourth-order valence-corrected chi connectivity index (χ4v) is 1.94. The Labute approximate surface area is 109 Å². The first-order valence-electron chi connectivity index (χ1n) is 5.22. The van der Waals surface area contributed by atoms with Gasteiger partial charge >= 0.3 is 5.97 Å². The van der Waals surface area contributed by atoms with Gasteiger partial charge in [0.05, 0.1) is 12.0 Å². The predicted molar refractivity (Wildman–Crippen MR) is 67.8 cm³/mol. The van der Waals surface area contributed by atoms with Crippen molar-refractivity contribution in [3.63, 3.8) is 0 Å². The molecule has 0 bridgehead atoms. The third-order valence-corrected chi connectivity index (χ3v) is 3.10. The van der Waals surface area contributed by atoms with Crippen molar-refractivity contribution >= 4 is 17.0 Å². The van der Waals surface area contributed by atoms with Gasteiger partial charge in [-0.1, -0.05) is 24.1 Å². The molecule has 0 saturated carbocycles. The van der Waals surface area contributed by atoms with Crippen LogP contribution in [0.25, 0.3) is 0 Å². The SMILES string of the molecule is COC(=O)C#CC(C)(C)OS(=O)c1ccccc1. The van der Waals surface area contributed by atoms with E-state index in [1.54, 1.807) is 38.1 Å². The summed E-state index contributed by atoms with van der Waals surface area (Å²) in [7, 11) is 1.24. The summed E-state index contributed by atoms with van der Waals surface area (Å²) in [6, 6.07) is 8.75. The van der Waals surface area contributed by atoms with Gasteiger partial charge in [-0.25, -0.2) is 9.00 Å². The van der Waals surface area contributed by atoms with Gasteiger partial charge in [-0.05, 0) is 26.0 Å². The smallest absolute Gasteiger partial charge is 0.384 e. The Hall–Kier alpha value is -1.64. The molecule has 0 aliphatic carbocycles. The minimum absolute atomic E-state index is 0.547. The van der Waals surface area contributed by atoms with E-state index in [-0.39, 0.29) is 0 Å². The fraction of sp³-hybridized carbons (Fsp3) is 0.308. The van der Waals surface area contributed by atoms with Gasteiger partial charge in [-0.15, -0.1) is 0 Å². The van der Waals surface area contributed by atoms with Crippen molar-refractivity contribution in [1.82, 2.24) is 0 Å². The highest BCUT2D eigenvalue weighted by atomic mass is 32.2. The monoisotopic (exact) mass is 266 g/mol. The molecule has 0 amide bonds. The zero-order valence-electron chi connectivity index (χ0n) is 10.4. The molecule has 96 valence electrons. The van der Waals surface area contributed by atoms with E-state index in [1.807, 2.05) is 6.07 Å². The summed E-state index contributed by atoms with van der Waals surface area (Å²) < 4.78 is 21.6. The van der Waals surface area contributed by atoms with Crippen molar-refractivity contribution in [2.24, 2.45) is 0 Å². The van der Waals surface area contributed by atoms with Gasteiger partial charge in [-0.2, -0.15) is 0 Å². The van der Waals surface area contributed by atoms with Crippen molar-refractivity contribution < 1.29 is 17.9 Å². The molecule has 1 aromatic rings. The number of carbonyl (C=O) groups is 1. The highest BCUT2D eigenvalue weighted by Gasteiger charge is 2.20. The lowest BCUT2D eigenvalue weighted by Crippen LogP contribution is -2.23. The molecule has 1 unspecified atom stereocenters. The molecule has 0 radical (unpaired) electrons. The maximum atomic E-state index is 11.9. The van der Waals surface area contributed by atoms with Crippen LogP contribution in [0.3, 0.4) is 0 Å². The van der Waals surface area contributed by atoms with E-state index in [9.17, 15) is 9.00 Å². The highest BCUT2D eigenvalue weighted by Crippen LogP contribution is 2.15. The molecule has 18 heavy (non-hydrogen) atoms. The van der Waals surface area contributed by atoms with Crippen molar-refractivity contribution in [2.75, 3.05) is 7.11 Å². The number of esters is 1. The Morgan fingerprint density at radius 3 is 2.44 bits per heavy atom. The lowest BCUT2D eigenvalue weighted by atomic mass is 10.1. The van der Waals surface area contributed by atoms with Crippen LogP contribution in [0.2, 0.25) is 0 Å². The Morgan fingerprint density at radius 2 is 1.89 bits per heavy atom. The van der Waals surface area contributed by atoms with Crippen molar-refractivity contribution in [3.8, 4) is 11.8 Å². The molecule has 4 nitrogen and oxygen atoms in total. The Balaban J connectivity index is 2.74. The lowest BCUT2D eigenvalue weighted by molar-refractivity contribution is -0.133.